The van der Waals surface area contributed by atoms with Crippen LogP contribution in [0.1, 0.15) is 33.2 Å². The van der Waals surface area contributed by atoms with Gasteiger partial charge in [0.1, 0.15) is 19.0 Å². The van der Waals surface area contributed by atoms with Gasteiger partial charge in [0.05, 0.1) is 42.9 Å². The topological polar surface area (TPSA) is 125 Å². The Morgan fingerprint density at radius 2 is 1.87 bits per heavy atom. The monoisotopic (exact) mass is 531 g/mol. The number of amides is 1. The first-order chi connectivity index (χ1) is 19.0. The number of rotatable bonds is 12. The number of nitriles is 1. The molecule has 0 aromatic heterocycles. The Morgan fingerprint density at radius 1 is 1.15 bits per heavy atom. The van der Waals surface area contributed by atoms with Crippen molar-refractivity contribution < 1.29 is 23.8 Å². The molecule has 1 heterocycles. The van der Waals surface area contributed by atoms with Crippen molar-refractivity contribution in [3.8, 4) is 6.07 Å². The first-order valence-electron chi connectivity index (χ1n) is 12.5. The first-order valence-corrected chi connectivity index (χ1v) is 12.5. The van der Waals surface area contributed by atoms with Crippen LogP contribution in [0.3, 0.4) is 0 Å². The van der Waals surface area contributed by atoms with Gasteiger partial charge >= 0.3 is 5.97 Å². The van der Waals surface area contributed by atoms with E-state index in [1.165, 1.54) is 0 Å². The number of hydrogen-bond acceptors (Lipinski definition) is 9. The maximum absolute atomic E-state index is 12.9. The van der Waals surface area contributed by atoms with Crippen molar-refractivity contribution in [3.63, 3.8) is 0 Å². The number of methoxy groups -OCH3 is 1. The van der Waals surface area contributed by atoms with Gasteiger partial charge in [-0.2, -0.15) is 5.26 Å². The van der Waals surface area contributed by atoms with Crippen molar-refractivity contribution in [2.24, 2.45) is 4.99 Å². The predicted octanol–water partition coefficient (Wildman–Crippen LogP) is 3.53. The highest BCUT2D eigenvalue weighted by Crippen LogP contribution is 2.27. The Morgan fingerprint density at radius 3 is 2.54 bits per heavy atom. The molecule has 0 spiro atoms. The van der Waals surface area contributed by atoms with Crippen LogP contribution in [0.5, 0.6) is 0 Å². The maximum Gasteiger partial charge on any atom is 0.340 e. The van der Waals surface area contributed by atoms with Gasteiger partial charge in [-0.15, -0.1) is 0 Å². The second-order valence-electron chi connectivity index (χ2n) is 8.45. The Bertz CT molecular complexity index is 1260. The zero-order valence-corrected chi connectivity index (χ0v) is 22.2. The number of ether oxygens (including phenoxy) is 3. The normalized spacial score (nSPS) is 13.6. The number of allylic oxidation sites excluding steroid dienone is 2. The van der Waals surface area contributed by atoms with Gasteiger partial charge < -0.3 is 29.7 Å². The second-order valence-corrected chi connectivity index (χ2v) is 8.45. The van der Waals surface area contributed by atoms with Gasteiger partial charge in [0.25, 0.3) is 5.91 Å². The minimum atomic E-state index is -0.445. The summed E-state index contributed by atoms with van der Waals surface area (Å²) in [6.45, 7) is 8.83. The van der Waals surface area contributed by atoms with Crippen LogP contribution in [0.2, 0.25) is 0 Å². The summed E-state index contributed by atoms with van der Waals surface area (Å²) < 4.78 is 15.9. The van der Waals surface area contributed by atoms with E-state index in [2.05, 4.69) is 27.1 Å². The van der Waals surface area contributed by atoms with Crippen molar-refractivity contribution >= 4 is 29.0 Å². The molecule has 204 valence electrons. The molecule has 1 amide bonds. The quantitative estimate of drug-likeness (QED) is 0.184. The fraction of sp³-hybridized carbons (Fsp3) is 0.310. The summed E-state index contributed by atoms with van der Waals surface area (Å²) in [7, 11) is 1.55. The maximum atomic E-state index is 12.9. The molecule has 0 saturated carbocycles. The van der Waals surface area contributed by atoms with E-state index >= 15 is 0 Å². The van der Waals surface area contributed by atoms with Crippen molar-refractivity contribution in [2.45, 2.75) is 6.92 Å². The zero-order valence-electron chi connectivity index (χ0n) is 22.2. The molecule has 10 nitrogen and oxygen atoms in total. The summed E-state index contributed by atoms with van der Waals surface area (Å²) in [4.78, 5) is 31.7. The third kappa shape index (κ3) is 8.53. The fourth-order valence-electron chi connectivity index (χ4n) is 3.86. The molecule has 2 aromatic carbocycles. The molecule has 1 aliphatic rings. The lowest BCUT2D eigenvalue weighted by Gasteiger charge is -2.30. The third-order valence-corrected chi connectivity index (χ3v) is 5.73. The molecule has 0 unspecified atom stereocenters. The SMILES string of the molecule is C=C(/N=C(\C=C/C)c1ccc(C(=O)NCC#N)cc1)Nc1ccc(N2CCOCC2)c(C(=O)OCCOC)c1. The summed E-state index contributed by atoms with van der Waals surface area (Å²) in [5.41, 5.74) is 3.67. The van der Waals surface area contributed by atoms with E-state index in [0.29, 0.717) is 61.3 Å². The van der Waals surface area contributed by atoms with E-state index in [9.17, 15) is 9.59 Å². The fourth-order valence-corrected chi connectivity index (χ4v) is 3.86. The van der Waals surface area contributed by atoms with Crippen molar-refractivity contribution in [3.05, 3.63) is 83.7 Å². The molecule has 2 N–H and O–H groups in total. The van der Waals surface area contributed by atoms with E-state index in [1.807, 2.05) is 37.3 Å². The molecule has 1 fully saturated rings. The van der Waals surface area contributed by atoms with Gasteiger partial charge in [0.2, 0.25) is 0 Å². The standard InChI is InChI=1S/C29H33N5O5/c1-4-5-26(22-6-8-23(9-7-22)28(35)31-13-12-30)33-21(2)32-24-10-11-27(34-14-16-38-17-15-34)25(20-24)29(36)39-19-18-37-3/h4-11,20,32H,2,13-19H2,1,3H3,(H,31,35)/b5-4-,33-26+. The number of aliphatic imine (C=N–C) groups is 1. The highest BCUT2D eigenvalue weighted by Gasteiger charge is 2.21. The highest BCUT2D eigenvalue weighted by atomic mass is 16.6. The summed E-state index contributed by atoms with van der Waals surface area (Å²) in [5, 5.41) is 14.3. The number of nitrogens with one attached hydrogen (secondary N) is 2. The van der Waals surface area contributed by atoms with Crippen LogP contribution in [0.25, 0.3) is 0 Å². The molecule has 0 aliphatic carbocycles. The number of carbonyl (C=O) groups is 2. The predicted molar refractivity (Wildman–Crippen MR) is 150 cm³/mol. The average molecular weight is 532 g/mol. The first kappa shape index (κ1) is 29.1. The van der Waals surface area contributed by atoms with Crippen molar-refractivity contribution in [1.29, 1.82) is 5.26 Å². The number of morpholine rings is 1. The Labute approximate surface area is 228 Å². The Balaban J connectivity index is 1.81. The van der Waals surface area contributed by atoms with Gasteiger partial charge in [-0.05, 0) is 43.3 Å². The number of nitrogens with zero attached hydrogens (tertiary/aromatic N) is 3. The minimum absolute atomic E-state index is 0.0582. The van der Waals surface area contributed by atoms with Crippen LogP contribution >= 0.6 is 0 Å². The van der Waals surface area contributed by atoms with Crippen LogP contribution in [0, 0.1) is 11.3 Å². The number of esters is 1. The van der Waals surface area contributed by atoms with Gasteiger partial charge in [-0.25, -0.2) is 9.79 Å². The summed E-state index contributed by atoms with van der Waals surface area (Å²) in [6.07, 6.45) is 3.68. The van der Waals surface area contributed by atoms with Gasteiger partial charge in [-0.1, -0.05) is 24.8 Å². The van der Waals surface area contributed by atoms with Gasteiger partial charge in [0.15, 0.2) is 0 Å². The molecule has 0 bridgehead atoms. The average Bonchev–Trinajstić information content (AvgIpc) is 2.96. The minimum Gasteiger partial charge on any atom is -0.460 e. The third-order valence-electron chi connectivity index (χ3n) is 5.73. The van der Waals surface area contributed by atoms with Gasteiger partial charge in [-0.3, -0.25) is 4.79 Å². The van der Waals surface area contributed by atoms with E-state index in [-0.39, 0.29) is 19.1 Å². The molecule has 10 heteroatoms. The smallest absolute Gasteiger partial charge is 0.340 e. The zero-order chi connectivity index (χ0) is 28.0. The summed E-state index contributed by atoms with van der Waals surface area (Å²) in [6, 6.07) is 14.2. The molecular weight excluding hydrogens is 498 g/mol. The van der Waals surface area contributed by atoms with Crippen molar-refractivity contribution in [1.82, 2.24) is 5.32 Å². The molecule has 0 radical (unpaired) electrons. The largest absolute Gasteiger partial charge is 0.460 e. The van der Waals surface area contributed by atoms with E-state index < -0.39 is 5.97 Å². The molecular formula is C29H33N5O5. The number of carbonyl (C=O) groups excluding carboxylic acids is 2. The second kappa shape index (κ2) is 15.1. The van der Waals surface area contributed by atoms with Crippen LogP contribution in [0.4, 0.5) is 11.4 Å². The van der Waals surface area contributed by atoms with Gasteiger partial charge in [0, 0.05) is 37.0 Å². The molecule has 2 aromatic rings. The van der Waals surface area contributed by atoms with E-state index in [0.717, 1.165) is 11.3 Å². The lowest BCUT2D eigenvalue weighted by Crippen LogP contribution is -2.37. The Kier molecular flexibility index (Phi) is 11.2. The van der Waals surface area contributed by atoms with Crippen LogP contribution in [-0.2, 0) is 14.2 Å². The Hall–Kier alpha value is -4.46. The number of hydrogen-bond donors (Lipinski definition) is 2. The molecule has 0 atom stereocenters. The molecule has 3 rings (SSSR count). The van der Waals surface area contributed by atoms with Crippen molar-refractivity contribution in [2.75, 3.05) is 63.4 Å². The van der Waals surface area contributed by atoms with E-state index in [4.69, 9.17) is 19.5 Å². The highest BCUT2D eigenvalue weighted by molar-refractivity contribution is 6.09. The van der Waals surface area contributed by atoms with Crippen LogP contribution < -0.4 is 15.5 Å². The number of benzene rings is 2. The lowest BCUT2D eigenvalue weighted by atomic mass is 10.1. The number of anilines is 2. The lowest BCUT2D eigenvalue weighted by molar-refractivity contribution is 0.0388. The summed E-state index contributed by atoms with van der Waals surface area (Å²) in [5.74, 6) is -0.410. The molecule has 1 saturated heterocycles. The van der Waals surface area contributed by atoms with E-state index in [1.54, 1.807) is 37.4 Å². The molecule has 39 heavy (non-hydrogen) atoms. The summed E-state index contributed by atoms with van der Waals surface area (Å²) >= 11 is 0. The van der Waals surface area contributed by atoms with Crippen LogP contribution in [0.15, 0.2) is 72.0 Å². The molecule has 1 aliphatic heterocycles. The van der Waals surface area contributed by atoms with Crippen LogP contribution in [-0.4, -0.2) is 70.8 Å².